The van der Waals surface area contributed by atoms with E-state index in [1.807, 2.05) is 39.0 Å². The van der Waals surface area contributed by atoms with Gasteiger partial charge in [-0.2, -0.15) is 0 Å². The van der Waals surface area contributed by atoms with Gasteiger partial charge in [0.2, 0.25) is 24.1 Å². The molecule has 52 heavy (non-hydrogen) atoms. The minimum Gasteiger partial charge on any atom is -0.447 e. The molecule has 2 aliphatic heterocycles. The first kappa shape index (κ1) is 48.2. The molecular formula is C38H67N5O9. The number of nitrogens with one attached hydrogen (secondary N) is 3. The summed E-state index contributed by atoms with van der Waals surface area (Å²) in [6.45, 7) is 14.9. The van der Waals surface area contributed by atoms with Crippen molar-refractivity contribution < 1.29 is 43.3 Å². The summed E-state index contributed by atoms with van der Waals surface area (Å²) in [7, 11) is 4.73. The first-order chi connectivity index (χ1) is 24.8. The molecule has 2 aliphatic rings. The number of aliphatic hydroxyl groups is 1. The Morgan fingerprint density at radius 2 is 1.77 bits per heavy atom. The standard InChI is InChI=1S/C24H44N4O7.C7H8.C4H7NO2.C3H8/c1-7-16(2)22(27(4)21(32)14-25-15-30)19(34-5)13-20(31)28-11-8-9-18(28)23(35-6)17(3)24(33)26-10-12-29;1-7-5-3-2-4-6-7;1-3-2-7-4(6)5-3;1-3-2/h15-19,22-23,29H,7-14H2,1-6H3,(H,25,30)(H,26,33);2-6H,1H3;3H,2H2,1H3,(H,5,6);3H2,1-2H3. The van der Waals surface area contributed by atoms with Crippen LogP contribution in [-0.4, -0.2) is 130 Å². The number of likely N-dealkylation sites (tertiary alicyclic amines) is 1. The van der Waals surface area contributed by atoms with Gasteiger partial charge in [-0.05, 0) is 32.6 Å². The SMILES string of the molecule is CC1COC(=O)N1.CCC.CCC(C)C(C(CC(=O)N1CCCC1C(OC)C(C)C(=O)NCCO)OC)N(C)C(=O)CNC=O.Cc1ccccc1. The molecule has 0 spiro atoms. The second-order valence-corrected chi connectivity index (χ2v) is 13.2. The molecule has 0 aromatic heterocycles. The highest BCUT2D eigenvalue weighted by atomic mass is 16.6. The van der Waals surface area contributed by atoms with Crippen LogP contribution in [0.25, 0.3) is 0 Å². The molecule has 7 unspecified atom stereocenters. The van der Waals surface area contributed by atoms with Crippen LogP contribution in [0.2, 0.25) is 0 Å². The summed E-state index contributed by atoms with van der Waals surface area (Å²) in [6.07, 6.45) is 2.74. The van der Waals surface area contributed by atoms with Crippen molar-refractivity contribution in [3.8, 4) is 0 Å². The van der Waals surface area contributed by atoms with E-state index in [0.29, 0.717) is 26.0 Å². The molecule has 7 atom stereocenters. The minimum atomic E-state index is -0.546. The number of rotatable bonds is 16. The quantitative estimate of drug-likeness (QED) is 0.186. The van der Waals surface area contributed by atoms with Crippen molar-refractivity contribution in [3.05, 3.63) is 35.9 Å². The molecule has 14 nitrogen and oxygen atoms in total. The number of ether oxygens (including phenoxy) is 3. The fourth-order valence-electron chi connectivity index (χ4n) is 5.94. The molecule has 0 saturated carbocycles. The molecule has 1 aromatic carbocycles. The zero-order valence-corrected chi connectivity index (χ0v) is 33.2. The Bertz CT molecular complexity index is 1160. The average Bonchev–Trinajstić information content (AvgIpc) is 3.78. The van der Waals surface area contributed by atoms with Crippen molar-refractivity contribution in [2.45, 2.75) is 111 Å². The van der Waals surface area contributed by atoms with Crippen molar-refractivity contribution in [1.82, 2.24) is 25.8 Å². The third-order valence-corrected chi connectivity index (χ3v) is 8.82. The van der Waals surface area contributed by atoms with Crippen molar-refractivity contribution in [3.63, 3.8) is 0 Å². The van der Waals surface area contributed by atoms with Crippen LogP contribution in [0.4, 0.5) is 4.79 Å². The van der Waals surface area contributed by atoms with E-state index in [9.17, 15) is 24.0 Å². The number of alkyl carbamates (subject to hydrolysis) is 1. The van der Waals surface area contributed by atoms with Crippen LogP contribution < -0.4 is 16.0 Å². The minimum absolute atomic E-state index is 0.0503. The molecule has 2 fully saturated rings. The van der Waals surface area contributed by atoms with Gasteiger partial charge in [-0.25, -0.2) is 4.79 Å². The van der Waals surface area contributed by atoms with E-state index in [1.54, 1.807) is 23.8 Å². The van der Waals surface area contributed by atoms with Crippen LogP contribution >= 0.6 is 0 Å². The number of aliphatic hydroxyl groups excluding tert-OH is 1. The second kappa shape index (κ2) is 27.8. The van der Waals surface area contributed by atoms with E-state index in [2.05, 4.69) is 53.6 Å². The lowest BCUT2D eigenvalue weighted by molar-refractivity contribution is -0.145. The van der Waals surface area contributed by atoms with Crippen molar-refractivity contribution in [1.29, 1.82) is 0 Å². The van der Waals surface area contributed by atoms with Crippen LogP contribution in [-0.2, 0) is 33.4 Å². The van der Waals surface area contributed by atoms with Crippen LogP contribution in [0.3, 0.4) is 0 Å². The smallest absolute Gasteiger partial charge is 0.407 e. The lowest BCUT2D eigenvalue weighted by Gasteiger charge is -2.39. The van der Waals surface area contributed by atoms with Crippen LogP contribution in [0.15, 0.2) is 30.3 Å². The highest BCUT2D eigenvalue weighted by molar-refractivity contribution is 5.81. The Balaban J connectivity index is 0.00000123. The van der Waals surface area contributed by atoms with Gasteiger partial charge in [-0.15, -0.1) is 0 Å². The molecule has 5 amide bonds. The topological polar surface area (TPSA) is 176 Å². The van der Waals surface area contributed by atoms with Crippen LogP contribution in [0.1, 0.15) is 79.2 Å². The van der Waals surface area contributed by atoms with Gasteiger partial charge in [-0.1, -0.05) is 83.4 Å². The normalized spacial score (nSPS) is 18.8. The van der Waals surface area contributed by atoms with E-state index >= 15 is 0 Å². The second-order valence-electron chi connectivity index (χ2n) is 13.2. The van der Waals surface area contributed by atoms with E-state index in [4.69, 9.17) is 14.6 Å². The number of nitrogens with zero attached hydrogens (tertiary/aromatic N) is 2. The lowest BCUT2D eigenvalue weighted by atomic mass is 9.90. The zero-order valence-electron chi connectivity index (χ0n) is 33.2. The predicted molar refractivity (Wildman–Crippen MR) is 201 cm³/mol. The lowest BCUT2D eigenvalue weighted by Crippen LogP contribution is -2.54. The maximum absolute atomic E-state index is 13.5. The summed E-state index contributed by atoms with van der Waals surface area (Å²) in [4.78, 5) is 62.6. The summed E-state index contributed by atoms with van der Waals surface area (Å²) < 4.78 is 15.9. The number of carbonyl (C=O) groups excluding carboxylic acids is 5. The van der Waals surface area contributed by atoms with Crippen molar-refractivity contribution >= 4 is 30.2 Å². The van der Waals surface area contributed by atoms with Gasteiger partial charge >= 0.3 is 6.09 Å². The highest BCUT2D eigenvalue weighted by Gasteiger charge is 2.41. The van der Waals surface area contributed by atoms with Gasteiger partial charge in [-0.3, -0.25) is 19.2 Å². The van der Waals surface area contributed by atoms with Crippen LogP contribution in [0.5, 0.6) is 0 Å². The molecule has 0 radical (unpaired) electrons. The largest absolute Gasteiger partial charge is 0.447 e. The number of amides is 5. The fraction of sp³-hybridized carbons (Fsp3) is 0.711. The van der Waals surface area contributed by atoms with E-state index < -0.39 is 18.1 Å². The third kappa shape index (κ3) is 17.6. The van der Waals surface area contributed by atoms with Gasteiger partial charge in [0.15, 0.2) is 0 Å². The van der Waals surface area contributed by atoms with E-state index in [0.717, 1.165) is 12.8 Å². The first-order valence-electron chi connectivity index (χ1n) is 18.4. The van der Waals surface area contributed by atoms with Gasteiger partial charge in [0, 0.05) is 34.4 Å². The Labute approximate surface area is 311 Å². The molecule has 2 saturated heterocycles. The number of benzene rings is 1. The molecule has 0 aliphatic carbocycles. The molecule has 0 bridgehead atoms. The van der Waals surface area contributed by atoms with Crippen molar-refractivity contribution in [2.24, 2.45) is 11.8 Å². The maximum atomic E-state index is 13.5. The Hall–Kier alpha value is -3.75. The number of hydrogen-bond acceptors (Lipinski definition) is 9. The maximum Gasteiger partial charge on any atom is 0.407 e. The summed E-state index contributed by atoms with van der Waals surface area (Å²) in [5.74, 6) is -1.08. The Morgan fingerprint density at radius 3 is 2.19 bits per heavy atom. The number of hydrogen-bond donors (Lipinski definition) is 4. The Morgan fingerprint density at radius 1 is 1.13 bits per heavy atom. The number of carbonyl (C=O) groups is 5. The third-order valence-electron chi connectivity index (χ3n) is 8.82. The monoisotopic (exact) mass is 737 g/mol. The fourth-order valence-corrected chi connectivity index (χ4v) is 5.94. The average molecular weight is 738 g/mol. The van der Waals surface area contributed by atoms with E-state index in [1.165, 1.54) is 26.2 Å². The summed E-state index contributed by atoms with van der Waals surface area (Å²) >= 11 is 0. The molecular weight excluding hydrogens is 670 g/mol. The van der Waals surface area contributed by atoms with E-state index in [-0.39, 0.29) is 74.0 Å². The molecule has 3 rings (SSSR count). The van der Waals surface area contributed by atoms with Gasteiger partial charge in [0.1, 0.15) is 6.61 Å². The van der Waals surface area contributed by atoms with Gasteiger partial charge in [0.05, 0.1) is 55.8 Å². The summed E-state index contributed by atoms with van der Waals surface area (Å²) in [6, 6.07) is 9.83. The predicted octanol–water partition coefficient (Wildman–Crippen LogP) is 3.29. The Kier molecular flexibility index (Phi) is 25.8. The molecule has 14 heteroatoms. The highest BCUT2D eigenvalue weighted by Crippen LogP contribution is 2.29. The molecule has 4 N–H and O–H groups in total. The number of aryl methyl sites for hydroxylation is 1. The molecule has 298 valence electrons. The zero-order chi connectivity index (χ0) is 39.6. The summed E-state index contributed by atoms with van der Waals surface area (Å²) in [5, 5.41) is 16.6. The van der Waals surface area contributed by atoms with Crippen LogP contribution in [0, 0.1) is 18.8 Å². The molecule has 1 aromatic rings. The summed E-state index contributed by atoms with van der Waals surface area (Å²) in [5.41, 5.74) is 1.32. The molecule has 2 heterocycles. The number of cyclic esters (lactones) is 1. The van der Waals surface area contributed by atoms with Gasteiger partial charge in [0.25, 0.3) is 0 Å². The number of likely N-dealkylation sites (N-methyl/N-ethyl adjacent to an activating group) is 1. The van der Waals surface area contributed by atoms with Gasteiger partial charge < -0.3 is 45.1 Å². The van der Waals surface area contributed by atoms with Crippen molar-refractivity contribution in [2.75, 3.05) is 54.1 Å². The number of methoxy groups -OCH3 is 2. The first-order valence-corrected chi connectivity index (χ1v) is 18.4.